The zero-order valence-electron chi connectivity index (χ0n) is 11.1. The van der Waals surface area contributed by atoms with Gasteiger partial charge in [0.1, 0.15) is 11.8 Å². The third-order valence-corrected chi connectivity index (χ3v) is 3.41. The van der Waals surface area contributed by atoms with Gasteiger partial charge in [-0.25, -0.2) is 4.79 Å². The summed E-state index contributed by atoms with van der Waals surface area (Å²) in [5.74, 6) is 0.436. The molecule has 1 N–H and O–H groups in total. The molecule has 0 saturated heterocycles. The summed E-state index contributed by atoms with van der Waals surface area (Å²) in [6.45, 7) is 1.37. The van der Waals surface area contributed by atoms with E-state index in [4.69, 9.17) is 4.74 Å². The van der Waals surface area contributed by atoms with Gasteiger partial charge in [0.15, 0.2) is 0 Å². The van der Waals surface area contributed by atoms with Crippen molar-refractivity contribution in [2.75, 3.05) is 20.0 Å². The van der Waals surface area contributed by atoms with E-state index >= 15 is 0 Å². The van der Waals surface area contributed by atoms with Gasteiger partial charge >= 0.3 is 5.97 Å². The third-order valence-electron chi connectivity index (χ3n) is 2.32. The van der Waals surface area contributed by atoms with Crippen molar-refractivity contribution in [3.8, 4) is 5.75 Å². The van der Waals surface area contributed by atoms with Crippen LogP contribution in [0.2, 0.25) is 0 Å². The van der Waals surface area contributed by atoms with Crippen LogP contribution in [0.1, 0.15) is 6.92 Å². The molecule has 0 spiro atoms. The largest absolute Gasteiger partial charge is 0.497 e. The van der Waals surface area contributed by atoms with Gasteiger partial charge < -0.3 is 14.8 Å². The molecule has 104 valence electrons. The summed E-state index contributed by atoms with van der Waals surface area (Å²) in [6, 6.07) is 6.84. The molecule has 1 aromatic rings. The number of hydrogen-bond acceptors (Lipinski definition) is 5. The molecule has 6 heteroatoms. The highest BCUT2D eigenvalue weighted by molar-refractivity contribution is 7.99. The van der Waals surface area contributed by atoms with E-state index in [1.807, 2.05) is 24.3 Å². The van der Waals surface area contributed by atoms with E-state index in [0.29, 0.717) is 5.75 Å². The fraction of sp³-hybridized carbons (Fsp3) is 0.385. The molecular formula is C13H17NO4S. The number of esters is 1. The van der Waals surface area contributed by atoms with Crippen LogP contribution in [0.25, 0.3) is 0 Å². The van der Waals surface area contributed by atoms with Gasteiger partial charge in [0, 0.05) is 17.6 Å². The maximum absolute atomic E-state index is 11.5. The zero-order chi connectivity index (χ0) is 14.3. The van der Waals surface area contributed by atoms with E-state index in [-0.39, 0.29) is 5.91 Å². The fourth-order valence-corrected chi connectivity index (χ4v) is 2.38. The summed E-state index contributed by atoms with van der Waals surface area (Å²) in [5.41, 5.74) is 0. The lowest BCUT2D eigenvalue weighted by Crippen LogP contribution is -2.42. The van der Waals surface area contributed by atoms with Crippen molar-refractivity contribution in [1.82, 2.24) is 5.32 Å². The first-order valence-electron chi connectivity index (χ1n) is 5.68. The molecule has 0 heterocycles. The lowest BCUT2D eigenvalue weighted by atomic mass is 10.3. The number of benzene rings is 1. The molecule has 0 aliphatic heterocycles. The van der Waals surface area contributed by atoms with E-state index in [1.165, 1.54) is 25.8 Å². The molecule has 1 aromatic carbocycles. The zero-order valence-corrected chi connectivity index (χ0v) is 12.0. The van der Waals surface area contributed by atoms with Crippen molar-refractivity contribution in [2.45, 2.75) is 17.9 Å². The molecule has 1 unspecified atom stereocenters. The van der Waals surface area contributed by atoms with E-state index in [2.05, 4.69) is 10.1 Å². The van der Waals surface area contributed by atoms with Crippen LogP contribution in [0.3, 0.4) is 0 Å². The summed E-state index contributed by atoms with van der Waals surface area (Å²) >= 11 is 1.45. The van der Waals surface area contributed by atoms with Crippen molar-refractivity contribution in [2.24, 2.45) is 0 Å². The van der Waals surface area contributed by atoms with Gasteiger partial charge in [-0.05, 0) is 18.2 Å². The molecule has 0 fully saturated rings. The number of hydrogen-bond donors (Lipinski definition) is 1. The topological polar surface area (TPSA) is 64.6 Å². The van der Waals surface area contributed by atoms with Gasteiger partial charge in [-0.2, -0.15) is 0 Å². The predicted molar refractivity (Wildman–Crippen MR) is 73.3 cm³/mol. The van der Waals surface area contributed by atoms with Crippen LogP contribution in [0.15, 0.2) is 29.2 Å². The number of carbonyl (C=O) groups is 2. The van der Waals surface area contributed by atoms with E-state index in [1.54, 1.807) is 7.11 Å². The number of ether oxygens (including phenoxy) is 2. The molecule has 5 nitrogen and oxygen atoms in total. The smallest absolute Gasteiger partial charge is 0.329 e. The van der Waals surface area contributed by atoms with Crippen molar-refractivity contribution in [3.63, 3.8) is 0 Å². The molecular weight excluding hydrogens is 266 g/mol. The van der Waals surface area contributed by atoms with Crippen LogP contribution < -0.4 is 10.1 Å². The Bertz CT molecular complexity index is 450. The highest BCUT2D eigenvalue weighted by Crippen LogP contribution is 2.23. The average Bonchev–Trinajstić information content (AvgIpc) is 2.42. The monoisotopic (exact) mass is 283 g/mol. The minimum atomic E-state index is -0.654. The number of thioether (sulfide) groups is 1. The number of carbonyl (C=O) groups excluding carboxylic acids is 2. The highest BCUT2D eigenvalue weighted by atomic mass is 32.2. The second-order valence-electron chi connectivity index (χ2n) is 3.77. The molecule has 0 aliphatic rings. The maximum atomic E-state index is 11.5. The Morgan fingerprint density at radius 1 is 1.37 bits per heavy atom. The summed E-state index contributed by atoms with van der Waals surface area (Å²) < 4.78 is 9.78. The predicted octanol–water partition coefficient (Wildman–Crippen LogP) is 1.46. The number of rotatable bonds is 6. The highest BCUT2D eigenvalue weighted by Gasteiger charge is 2.20. The van der Waals surface area contributed by atoms with Crippen LogP contribution in [0.4, 0.5) is 0 Å². The van der Waals surface area contributed by atoms with Gasteiger partial charge in [0.05, 0.1) is 14.2 Å². The maximum Gasteiger partial charge on any atom is 0.329 e. The Labute approximate surface area is 116 Å². The Morgan fingerprint density at radius 2 is 2.11 bits per heavy atom. The average molecular weight is 283 g/mol. The van der Waals surface area contributed by atoms with Gasteiger partial charge in [0.25, 0.3) is 0 Å². The quantitative estimate of drug-likeness (QED) is 0.632. The Kier molecular flexibility index (Phi) is 6.21. The first-order valence-corrected chi connectivity index (χ1v) is 6.67. The molecule has 0 radical (unpaired) electrons. The summed E-state index contributed by atoms with van der Waals surface area (Å²) in [6.07, 6.45) is 0. The summed E-state index contributed by atoms with van der Waals surface area (Å²) in [4.78, 5) is 23.5. The summed E-state index contributed by atoms with van der Waals surface area (Å²) in [7, 11) is 2.89. The van der Waals surface area contributed by atoms with Gasteiger partial charge in [0.2, 0.25) is 5.91 Å². The number of methoxy groups -OCH3 is 2. The SMILES string of the molecule is COC(=O)C(CSc1cccc(OC)c1)NC(C)=O. The lowest BCUT2D eigenvalue weighted by Gasteiger charge is -2.15. The van der Waals surface area contributed by atoms with Gasteiger partial charge in [-0.15, -0.1) is 11.8 Å². The Morgan fingerprint density at radius 3 is 2.68 bits per heavy atom. The van der Waals surface area contributed by atoms with Crippen LogP contribution >= 0.6 is 11.8 Å². The molecule has 1 rings (SSSR count). The second-order valence-corrected chi connectivity index (χ2v) is 4.86. The van der Waals surface area contributed by atoms with Crippen molar-refractivity contribution in [1.29, 1.82) is 0 Å². The number of amides is 1. The van der Waals surface area contributed by atoms with E-state index in [9.17, 15) is 9.59 Å². The molecule has 1 amide bonds. The normalized spacial score (nSPS) is 11.5. The first kappa shape index (κ1) is 15.4. The standard InChI is InChI=1S/C13H17NO4S/c1-9(15)14-12(13(16)18-3)8-19-11-6-4-5-10(7-11)17-2/h4-7,12H,8H2,1-3H3,(H,14,15). The van der Waals surface area contributed by atoms with Crippen LogP contribution in [-0.4, -0.2) is 37.9 Å². The molecule has 1 atom stereocenters. The molecule has 0 saturated carbocycles. The second kappa shape index (κ2) is 7.68. The minimum absolute atomic E-state index is 0.262. The fourth-order valence-electron chi connectivity index (χ4n) is 1.43. The summed E-state index contributed by atoms with van der Waals surface area (Å²) in [5, 5.41) is 2.56. The van der Waals surface area contributed by atoms with Crippen molar-refractivity contribution in [3.05, 3.63) is 24.3 Å². The Hall–Kier alpha value is -1.69. The number of nitrogens with one attached hydrogen (secondary N) is 1. The molecule has 0 aromatic heterocycles. The third kappa shape index (κ3) is 5.21. The van der Waals surface area contributed by atoms with Crippen LogP contribution in [0.5, 0.6) is 5.75 Å². The first-order chi connectivity index (χ1) is 9.06. The lowest BCUT2D eigenvalue weighted by molar-refractivity contribution is -0.144. The van der Waals surface area contributed by atoms with Crippen LogP contribution in [-0.2, 0) is 14.3 Å². The molecule has 0 bridgehead atoms. The molecule has 0 aliphatic carbocycles. The van der Waals surface area contributed by atoms with Gasteiger partial charge in [-0.1, -0.05) is 6.07 Å². The Balaban J connectivity index is 2.64. The van der Waals surface area contributed by atoms with E-state index in [0.717, 1.165) is 10.6 Å². The van der Waals surface area contributed by atoms with Crippen molar-refractivity contribution < 1.29 is 19.1 Å². The van der Waals surface area contributed by atoms with Gasteiger partial charge in [-0.3, -0.25) is 4.79 Å². The van der Waals surface area contributed by atoms with E-state index < -0.39 is 12.0 Å². The molecule has 19 heavy (non-hydrogen) atoms. The minimum Gasteiger partial charge on any atom is -0.497 e. The van der Waals surface area contributed by atoms with Crippen molar-refractivity contribution >= 4 is 23.6 Å². The van der Waals surface area contributed by atoms with Crippen LogP contribution in [0, 0.1) is 0 Å².